The summed E-state index contributed by atoms with van der Waals surface area (Å²) in [4.78, 5) is 36.9. The van der Waals surface area contributed by atoms with Gasteiger partial charge in [0.1, 0.15) is 23.1 Å². The largest absolute Gasteiger partial charge is 0.486 e. The van der Waals surface area contributed by atoms with Crippen molar-refractivity contribution in [2.24, 2.45) is 5.73 Å². The zero-order chi connectivity index (χ0) is 23.4. The number of carbonyl (C=O) groups excluding carboxylic acids is 3. The van der Waals surface area contributed by atoms with E-state index < -0.39 is 17.8 Å². The summed E-state index contributed by atoms with van der Waals surface area (Å²) in [5.41, 5.74) is 8.13. The van der Waals surface area contributed by atoms with Crippen molar-refractivity contribution < 1.29 is 28.3 Å². The topological polar surface area (TPSA) is 121 Å². The molecule has 0 radical (unpaired) electrons. The van der Waals surface area contributed by atoms with E-state index in [1.807, 2.05) is 32.0 Å². The van der Waals surface area contributed by atoms with Crippen molar-refractivity contribution in [1.29, 1.82) is 0 Å². The van der Waals surface area contributed by atoms with Gasteiger partial charge in [-0.1, -0.05) is 6.07 Å². The van der Waals surface area contributed by atoms with Gasteiger partial charge in [0.05, 0.1) is 17.0 Å². The number of furan rings is 1. The minimum Gasteiger partial charge on any atom is -0.486 e. The van der Waals surface area contributed by atoms with Crippen LogP contribution in [0.25, 0.3) is 0 Å². The number of anilines is 1. The van der Waals surface area contributed by atoms with E-state index >= 15 is 0 Å². The highest BCUT2D eigenvalue weighted by Crippen LogP contribution is 2.34. The summed E-state index contributed by atoms with van der Waals surface area (Å²) in [6, 6.07) is 8.91. The number of aryl methyl sites for hydroxylation is 2. The number of esters is 1. The van der Waals surface area contributed by atoms with Crippen LogP contribution in [0.1, 0.15) is 60.0 Å². The van der Waals surface area contributed by atoms with Crippen molar-refractivity contribution in [3.63, 3.8) is 0 Å². The quantitative estimate of drug-likeness (QED) is 0.486. The van der Waals surface area contributed by atoms with Gasteiger partial charge in [-0.3, -0.25) is 9.59 Å². The number of rotatable bonds is 8. The number of primary amides is 1. The van der Waals surface area contributed by atoms with Crippen LogP contribution in [0.2, 0.25) is 0 Å². The SMILES string of the molecule is CCOC(=O)c1c(NC(=O)c2ccc(COc3ccc(C)c(C)c3)o2)sc(C(N)=O)c1C. The molecule has 2 amide bonds. The number of amides is 2. The van der Waals surface area contributed by atoms with E-state index in [1.165, 1.54) is 11.6 Å². The number of hydrogen-bond acceptors (Lipinski definition) is 7. The molecule has 3 N–H and O–H groups in total. The third-order valence-electron chi connectivity index (χ3n) is 4.82. The lowest BCUT2D eigenvalue weighted by Crippen LogP contribution is -2.14. The van der Waals surface area contributed by atoms with Crippen molar-refractivity contribution in [2.75, 3.05) is 11.9 Å². The number of thiophene rings is 1. The van der Waals surface area contributed by atoms with Crippen LogP contribution >= 0.6 is 11.3 Å². The van der Waals surface area contributed by atoms with Crippen molar-refractivity contribution in [1.82, 2.24) is 0 Å². The predicted molar refractivity (Wildman–Crippen MR) is 120 cm³/mol. The molecule has 0 bridgehead atoms. The second-order valence-electron chi connectivity index (χ2n) is 7.10. The number of nitrogens with one attached hydrogen (secondary N) is 1. The van der Waals surface area contributed by atoms with E-state index in [1.54, 1.807) is 19.9 Å². The zero-order valence-corrected chi connectivity index (χ0v) is 19.1. The first-order valence-electron chi connectivity index (χ1n) is 9.91. The maximum atomic E-state index is 12.7. The van der Waals surface area contributed by atoms with Crippen molar-refractivity contribution in [2.45, 2.75) is 34.3 Å². The molecule has 0 spiro atoms. The van der Waals surface area contributed by atoms with Gasteiger partial charge < -0.3 is 24.9 Å². The molecule has 2 heterocycles. The number of benzene rings is 1. The molecule has 3 rings (SSSR count). The van der Waals surface area contributed by atoms with Crippen LogP contribution in [0.4, 0.5) is 5.00 Å². The Bertz CT molecular complexity index is 1180. The van der Waals surface area contributed by atoms with Gasteiger partial charge in [-0.25, -0.2) is 4.79 Å². The van der Waals surface area contributed by atoms with Gasteiger partial charge in [-0.05, 0) is 68.7 Å². The van der Waals surface area contributed by atoms with Crippen molar-refractivity contribution in [3.05, 3.63) is 69.0 Å². The average molecular weight is 457 g/mol. The average Bonchev–Trinajstić information content (AvgIpc) is 3.34. The number of nitrogens with two attached hydrogens (primary N) is 1. The molecular weight excluding hydrogens is 432 g/mol. The van der Waals surface area contributed by atoms with E-state index in [4.69, 9.17) is 19.6 Å². The minimum absolute atomic E-state index is 0.0326. The highest BCUT2D eigenvalue weighted by molar-refractivity contribution is 7.18. The Morgan fingerprint density at radius 3 is 2.50 bits per heavy atom. The number of carbonyl (C=O) groups is 3. The fraction of sp³-hybridized carbons (Fsp3) is 0.261. The molecule has 9 heteroatoms. The summed E-state index contributed by atoms with van der Waals surface area (Å²) >= 11 is 0.915. The molecule has 0 saturated heterocycles. The summed E-state index contributed by atoms with van der Waals surface area (Å²) in [7, 11) is 0. The highest BCUT2D eigenvalue weighted by atomic mass is 32.1. The van der Waals surface area contributed by atoms with Crippen LogP contribution in [-0.4, -0.2) is 24.4 Å². The Balaban J connectivity index is 1.74. The summed E-state index contributed by atoms with van der Waals surface area (Å²) in [6.45, 7) is 7.55. The van der Waals surface area contributed by atoms with Gasteiger partial charge in [0.15, 0.2) is 5.76 Å². The van der Waals surface area contributed by atoms with Gasteiger partial charge in [0.25, 0.3) is 11.8 Å². The molecule has 2 aromatic heterocycles. The van der Waals surface area contributed by atoms with Crippen LogP contribution in [-0.2, 0) is 11.3 Å². The van der Waals surface area contributed by atoms with E-state index in [0.717, 1.165) is 16.9 Å². The molecule has 3 aromatic rings. The molecule has 0 unspecified atom stereocenters. The van der Waals surface area contributed by atoms with Crippen molar-refractivity contribution >= 4 is 34.1 Å². The first-order chi connectivity index (χ1) is 15.2. The van der Waals surface area contributed by atoms with Crippen LogP contribution in [0.15, 0.2) is 34.7 Å². The second-order valence-corrected chi connectivity index (χ2v) is 8.12. The summed E-state index contributed by atoms with van der Waals surface area (Å²) in [5.74, 6) is -0.731. The smallest absolute Gasteiger partial charge is 0.341 e. The van der Waals surface area contributed by atoms with Gasteiger partial charge in [-0.15, -0.1) is 11.3 Å². The van der Waals surface area contributed by atoms with Crippen LogP contribution < -0.4 is 15.8 Å². The lowest BCUT2D eigenvalue weighted by Gasteiger charge is -2.07. The molecule has 8 nitrogen and oxygen atoms in total. The summed E-state index contributed by atoms with van der Waals surface area (Å²) < 4.78 is 16.4. The molecule has 0 aliphatic rings. The Morgan fingerprint density at radius 1 is 1.09 bits per heavy atom. The molecule has 0 atom stereocenters. The van der Waals surface area contributed by atoms with Crippen LogP contribution in [0.3, 0.4) is 0 Å². The van der Waals surface area contributed by atoms with Gasteiger partial charge >= 0.3 is 5.97 Å². The minimum atomic E-state index is -0.692. The Labute approximate surface area is 189 Å². The van der Waals surface area contributed by atoms with E-state index in [-0.39, 0.29) is 34.4 Å². The highest BCUT2D eigenvalue weighted by Gasteiger charge is 2.26. The molecule has 168 valence electrons. The summed E-state index contributed by atoms with van der Waals surface area (Å²) in [6.07, 6.45) is 0. The molecule has 0 fully saturated rings. The fourth-order valence-electron chi connectivity index (χ4n) is 2.99. The zero-order valence-electron chi connectivity index (χ0n) is 18.2. The van der Waals surface area contributed by atoms with Gasteiger partial charge in [-0.2, -0.15) is 0 Å². The molecule has 1 aromatic carbocycles. The molecule has 0 aliphatic heterocycles. The Hall–Kier alpha value is -3.59. The lowest BCUT2D eigenvalue weighted by atomic mass is 10.1. The molecule has 0 aliphatic carbocycles. The third kappa shape index (κ3) is 5.00. The monoisotopic (exact) mass is 456 g/mol. The molecule has 32 heavy (non-hydrogen) atoms. The van der Waals surface area contributed by atoms with E-state index in [0.29, 0.717) is 17.1 Å². The van der Waals surface area contributed by atoms with Gasteiger partial charge in [0.2, 0.25) is 0 Å². The normalized spacial score (nSPS) is 10.6. The van der Waals surface area contributed by atoms with Gasteiger partial charge in [0, 0.05) is 0 Å². The number of hydrogen-bond donors (Lipinski definition) is 2. The third-order valence-corrected chi connectivity index (χ3v) is 6.04. The predicted octanol–water partition coefficient (Wildman–Crippen LogP) is 4.37. The molecular formula is C23H24N2O6S. The maximum Gasteiger partial charge on any atom is 0.341 e. The standard InChI is InChI=1S/C23H24N2O6S/c1-5-29-23(28)18-14(4)19(20(24)26)32-22(18)25-21(27)17-9-8-16(31-17)11-30-15-7-6-12(2)13(3)10-15/h6-10H,5,11H2,1-4H3,(H2,24,26)(H,25,27). The number of ether oxygens (including phenoxy) is 2. The van der Waals surface area contributed by atoms with Crippen LogP contribution in [0, 0.1) is 20.8 Å². The lowest BCUT2D eigenvalue weighted by molar-refractivity contribution is 0.0527. The Kier molecular flexibility index (Phi) is 6.99. The Morgan fingerprint density at radius 2 is 1.84 bits per heavy atom. The molecule has 0 saturated carbocycles. The van der Waals surface area contributed by atoms with Crippen molar-refractivity contribution in [3.8, 4) is 5.75 Å². The maximum absolute atomic E-state index is 12.7. The fourth-order valence-corrected chi connectivity index (χ4v) is 4.03. The summed E-state index contributed by atoms with van der Waals surface area (Å²) in [5, 5.41) is 2.79. The first-order valence-corrected chi connectivity index (χ1v) is 10.7. The second kappa shape index (κ2) is 9.69. The first kappa shape index (κ1) is 23.1. The van der Waals surface area contributed by atoms with E-state index in [2.05, 4.69) is 5.32 Å². The van der Waals surface area contributed by atoms with E-state index in [9.17, 15) is 14.4 Å². The van der Waals surface area contributed by atoms with Crippen LogP contribution in [0.5, 0.6) is 5.75 Å².